The number of aromatic amines is 1. The van der Waals surface area contributed by atoms with Crippen LogP contribution in [0.15, 0.2) is 36.4 Å². The molecule has 0 bridgehead atoms. The molecule has 3 aromatic rings. The number of benzene rings is 2. The van der Waals surface area contributed by atoms with Crippen LogP contribution in [0, 0.1) is 0 Å². The highest BCUT2D eigenvalue weighted by Crippen LogP contribution is 2.39. The number of carboxylic acid groups (broad SMARTS) is 1. The first-order chi connectivity index (χ1) is 12.3. The van der Waals surface area contributed by atoms with Gasteiger partial charge in [0.25, 0.3) is 0 Å². The Labute approximate surface area is 151 Å². The van der Waals surface area contributed by atoms with Crippen LogP contribution in [0.2, 0.25) is 0 Å². The number of hydrogen-bond acceptors (Lipinski definition) is 3. The summed E-state index contributed by atoms with van der Waals surface area (Å²) in [6.07, 6.45) is -0.0443. The van der Waals surface area contributed by atoms with Crippen molar-refractivity contribution in [2.75, 3.05) is 6.79 Å². The molecule has 0 atom stereocenters. The second kappa shape index (κ2) is 5.80. The first-order valence-electron chi connectivity index (χ1n) is 8.60. The van der Waals surface area contributed by atoms with Gasteiger partial charge in [0.2, 0.25) is 6.79 Å². The molecule has 0 amide bonds. The van der Waals surface area contributed by atoms with Gasteiger partial charge in [0.1, 0.15) is 0 Å². The Balaban J connectivity index is 1.92. The van der Waals surface area contributed by atoms with E-state index in [9.17, 15) is 9.90 Å². The summed E-state index contributed by atoms with van der Waals surface area (Å²) in [6.45, 7) is 6.66. The van der Waals surface area contributed by atoms with Gasteiger partial charge in [-0.05, 0) is 46.9 Å². The van der Waals surface area contributed by atoms with Gasteiger partial charge in [0, 0.05) is 16.5 Å². The maximum Gasteiger partial charge on any atom is 0.307 e. The SMILES string of the molecule is CC(C)(C)c1ccc2[nH]c(-c3ccc4c(c3)OCO4)c(CC(=O)O)c2c1. The normalized spacial score (nSPS) is 13.3. The zero-order valence-corrected chi connectivity index (χ0v) is 15.1. The van der Waals surface area contributed by atoms with Crippen molar-refractivity contribution in [1.29, 1.82) is 0 Å². The van der Waals surface area contributed by atoms with Crippen molar-refractivity contribution in [3.05, 3.63) is 47.5 Å². The van der Waals surface area contributed by atoms with Crippen LogP contribution < -0.4 is 9.47 Å². The fourth-order valence-corrected chi connectivity index (χ4v) is 3.35. The summed E-state index contributed by atoms with van der Waals surface area (Å²) in [5.41, 5.74) is 4.59. The molecule has 26 heavy (non-hydrogen) atoms. The zero-order chi connectivity index (χ0) is 18.5. The number of carbonyl (C=O) groups is 1. The molecule has 1 aliphatic heterocycles. The van der Waals surface area contributed by atoms with Gasteiger partial charge in [0.15, 0.2) is 11.5 Å². The Morgan fingerprint density at radius 2 is 1.88 bits per heavy atom. The van der Waals surface area contributed by atoms with E-state index in [1.165, 1.54) is 5.56 Å². The quantitative estimate of drug-likeness (QED) is 0.729. The molecular formula is C21H21NO4. The largest absolute Gasteiger partial charge is 0.481 e. The summed E-state index contributed by atoms with van der Waals surface area (Å²) in [7, 11) is 0. The second-order valence-corrected chi connectivity index (χ2v) is 7.63. The van der Waals surface area contributed by atoms with Gasteiger partial charge in [-0.25, -0.2) is 0 Å². The Kier molecular flexibility index (Phi) is 3.68. The molecule has 0 spiro atoms. The summed E-state index contributed by atoms with van der Waals surface area (Å²) in [5, 5.41) is 10.4. The van der Waals surface area contributed by atoms with Crippen LogP contribution in [0.1, 0.15) is 31.9 Å². The van der Waals surface area contributed by atoms with Gasteiger partial charge in [-0.15, -0.1) is 0 Å². The van der Waals surface area contributed by atoms with Crippen LogP contribution in [0.5, 0.6) is 11.5 Å². The number of nitrogens with one attached hydrogen (secondary N) is 1. The van der Waals surface area contributed by atoms with Crippen molar-refractivity contribution >= 4 is 16.9 Å². The van der Waals surface area contributed by atoms with E-state index in [4.69, 9.17) is 9.47 Å². The standard InChI is InChI=1S/C21H21NO4/c1-21(2,3)13-5-6-16-14(9-13)15(10-19(23)24)20(22-16)12-4-7-17-18(8-12)26-11-25-17/h4-9,22H,10-11H2,1-3H3,(H,23,24). The van der Waals surface area contributed by atoms with Crippen molar-refractivity contribution in [3.63, 3.8) is 0 Å². The van der Waals surface area contributed by atoms with Crippen LogP contribution in [0.4, 0.5) is 0 Å². The molecule has 0 aliphatic carbocycles. The van der Waals surface area contributed by atoms with Gasteiger partial charge < -0.3 is 19.6 Å². The highest BCUT2D eigenvalue weighted by Gasteiger charge is 2.21. The zero-order valence-electron chi connectivity index (χ0n) is 15.1. The molecular weight excluding hydrogens is 330 g/mol. The van der Waals surface area contributed by atoms with E-state index in [2.05, 4.69) is 37.9 Å². The van der Waals surface area contributed by atoms with Crippen LogP contribution in [0.3, 0.4) is 0 Å². The van der Waals surface area contributed by atoms with Gasteiger partial charge in [-0.3, -0.25) is 4.79 Å². The van der Waals surface area contributed by atoms with E-state index in [-0.39, 0.29) is 18.6 Å². The molecule has 134 valence electrons. The molecule has 2 N–H and O–H groups in total. The third-order valence-corrected chi connectivity index (χ3v) is 4.76. The number of hydrogen-bond donors (Lipinski definition) is 2. The lowest BCUT2D eigenvalue weighted by atomic mass is 9.86. The van der Waals surface area contributed by atoms with E-state index < -0.39 is 5.97 Å². The minimum atomic E-state index is -0.853. The lowest BCUT2D eigenvalue weighted by Gasteiger charge is -2.19. The Hall–Kier alpha value is -2.95. The average molecular weight is 351 g/mol. The number of rotatable bonds is 3. The van der Waals surface area contributed by atoms with E-state index >= 15 is 0 Å². The van der Waals surface area contributed by atoms with Crippen molar-refractivity contribution in [1.82, 2.24) is 4.98 Å². The van der Waals surface area contributed by atoms with Crippen molar-refractivity contribution in [3.8, 4) is 22.8 Å². The van der Waals surface area contributed by atoms with Crippen LogP contribution in [-0.2, 0) is 16.6 Å². The Bertz CT molecular complexity index is 1010. The van der Waals surface area contributed by atoms with Crippen molar-refractivity contribution in [2.24, 2.45) is 0 Å². The van der Waals surface area contributed by atoms with E-state index in [0.717, 1.165) is 27.7 Å². The lowest BCUT2D eigenvalue weighted by molar-refractivity contribution is -0.136. The maximum atomic E-state index is 11.5. The van der Waals surface area contributed by atoms with Gasteiger partial charge in [-0.2, -0.15) is 0 Å². The molecule has 2 heterocycles. The van der Waals surface area contributed by atoms with E-state index in [0.29, 0.717) is 11.5 Å². The summed E-state index contributed by atoms with van der Waals surface area (Å²) >= 11 is 0. The van der Waals surface area contributed by atoms with Crippen LogP contribution in [0.25, 0.3) is 22.2 Å². The number of fused-ring (bicyclic) bond motifs is 2. The number of H-pyrrole nitrogens is 1. The van der Waals surface area contributed by atoms with Crippen molar-refractivity contribution in [2.45, 2.75) is 32.6 Å². The number of carboxylic acids is 1. The van der Waals surface area contributed by atoms with Crippen molar-refractivity contribution < 1.29 is 19.4 Å². The fourth-order valence-electron chi connectivity index (χ4n) is 3.35. The third-order valence-electron chi connectivity index (χ3n) is 4.76. The lowest BCUT2D eigenvalue weighted by Crippen LogP contribution is -2.10. The molecule has 5 heteroatoms. The third kappa shape index (κ3) is 2.79. The van der Waals surface area contributed by atoms with Crippen LogP contribution >= 0.6 is 0 Å². The maximum absolute atomic E-state index is 11.5. The first kappa shape index (κ1) is 16.5. The molecule has 0 radical (unpaired) electrons. The first-order valence-corrected chi connectivity index (χ1v) is 8.60. The topological polar surface area (TPSA) is 71.5 Å². The summed E-state index contributed by atoms with van der Waals surface area (Å²) in [6, 6.07) is 11.9. The number of ether oxygens (including phenoxy) is 2. The molecule has 0 fully saturated rings. The second-order valence-electron chi connectivity index (χ2n) is 7.63. The molecule has 1 aliphatic rings. The summed E-state index contributed by atoms with van der Waals surface area (Å²) in [4.78, 5) is 14.9. The molecule has 4 rings (SSSR count). The molecule has 0 unspecified atom stereocenters. The summed E-state index contributed by atoms with van der Waals surface area (Å²) < 4.78 is 10.8. The monoisotopic (exact) mass is 351 g/mol. The highest BCUT2D eigenvalue weighted by atomic mass is 16.7. The highest BCUT2D eigenvalue weighted by molar-refractivity contribution is 5.94. The molecule has 0 saturated heterocycles. The van der Waals surface area contributed by atoms with Gasteiger partial charge >= 0.3 is 5.97 Å². The fraction of sp³-hybridized carbons (Fsp3) is 0.286. The molecule has 5 nitrogen and oxygen atoms in total. The molecule has 0 saturated carbocycles. The number of aliphatic carboxylic acids is 1. The summed E-state index contributed by atoms with van der Waals surface area (Å²) in [5.74, 6) is 0.534. The molecule has 1 aromatic heterocycles. The average Bonchev–Trinajstić information content (AvgIpc) is 3.17. The van der Waals surface area contributed by atoms with E-state index in [1.807, 2.05) is 24.3 Å². The van der Waals surface area contributed by atoms with Gasteiger partial charge in [0.05, 0.1) is 12.1 Å². The Morgan fingerprint density at radius 1 is 1.12 bits per heavy atom. The van der Waals surface area contributed by atoms with Crippen LogP contribution in [-0.4, -0.2) is 22.9 Å². The predicted molar refractivity (Wildman–Crippen MR) is 99.9 cm³/mol. The number of aromatic nitrogens is 1. The smallest absolute Gasteiger partial charge is 0.307 e. The Morgan fingerprint density at radius 3 is 2.62 bits per heavy atom. The minimum absolute atomic E-state index is 0.00906. The van der Waals surface area contributed by atoms with E-state index in [1.54, 1.807) is 0 Å². The van der Waals surface area contributed by atoms with Gasteiger partial charge in [-0.1, -0.05) is 26.8 Å². The molecule has 2 aromatic carbocycles. The predicted octanol–water partition coefficient (Wildman–Crippen LogP) is 4.49. The minimum Gasteiger partial charge on any atom is -0.481 e.